The molecule has 98 valence electrons. The molecule has 0 aliphatic carbocycles. The Morgan fingerprint density at radius 1 is 1.28 bits per heavy atom. The molecule has 0 saturated heterocycles. The van der Waals surface area contributed by atoms with Crippen molar-refractivity contribution in [3.05, 3.63) is 17.7 Å². The van der Waals surface area contributed by atoms with E-state index in [1.54, 1.807) is 12.1 Å². The average molecular weight is 270 g/mol. The largest absolute Gasteiger partial charge is 0.493 e. The van der Waals surface area contributed by atoms with E-state index < -0.39 is 11.6 Å². The van der Waals surface area contributed by atoms with Crippen molar-refractivity contribution < 1.29 is 24.1 Å². The highest BCUT2D eigenvalue weighted by molar-refractivity contribution is 7.99. The van der Waals surface area contributed by atoms with Gasteiger partial charge in [0.2, 0.25) is 0 Å². The summed E-state index contributed by atoms with van der Waals surface area (Å²) in [5.41, 5.74) is -1.12. The Morgan fingerprint density at radius 2 is 1.89 bits per heavy atom. The van der Waals surface area contributed by atoms with Crippen LogP contribution in [0.3, 0.4) is 0 Å². The molecule has 0 fully saturated rings. The van der Waals surface area contributed by atoms with Gasteiger partial charge in [-0.05, 0) is 12.1 Å². The maximum absolute atomic E-state index is 11.7. The molecule has 1 heterocycles. The van der Waals surface area contributed by atoms with E-state index in [9.17, 15) is 9.90 Å². The number of benzene rings is 1. The van der Waals surface area contributed by atoms with Crippen molar-refractivity contribution in [3.63, 3.8) is 0 Å². The fraction of sp³-hybridized carbons (Fsp3) is 0.417. The maximum atomic E-state index is 11.7. The lowest BCUT2D eigenvalue weighted by Gasteiger charge is -2.20. The van der Waals surface area contributed by atoms with E-state index in [4.69, 9.17) is 9.47 Å². The van der Waals surface area contributed by atoms with Crippen LogP contribution in [0.15, 0.2) is 17.0 Å². The standard InChI is InChI=1S/C12H14O5S/c1-15-8-4-7-10(5-9(8)16-2)18-6-12(7,14)11(13)17-3/h4-5,14H,6H2,1-3H3. The summed E-state index contributed by atoms with van der Waals surface area (Å²) in [5.74, 6) is 0.602. The molecule has 1 aliphatic rings. The summed E-state index contributed by atoms with van der Waals surface area (Å²) in [6.45, 7) is 0. The second-order valence-corrected chi connectivity index (χ2v) is 4.86. The highest BCUT2D eigenvalue weighted by Gasteiger charge is 2.46. The van der Waals surface area contributed by atoms with Crippen molar-refractivity contribution in [3.8, 4) is 11.5 Å². The first-order chi connectivity index (χ1) is 8.56. The Labute approximate surface area is 109 Å². The molecule has 2 rings (SSSR count). The van der Waals surface area contributed by atoms with Gasteiger partial charge < -0.3 is 19.3 Å². The van der Waals surface area contributed by atoms with Crippen molar-refractivity contribution in [2.75, 3.05) is 27.1 Å². The number of fused-ring (bicyclic) bond motifs is 1. The third-order valence-corrected chi connectivity index (χ3v) is 4.10. The SMILES string of the molecule is COC(=O)C1(O)CSc2cc(OC)c(OC)cc21. The Morgan fingerprint density at radius 3 is 2.44 bits per heavy atom. The van der Waals surface area contributed by atoms with Gasteiger partial charge in [0.25, 0.3) is 0 Å². The van der Waals surface area contributed by atoms with E-state index in [2.05, 4.69) is 4.74 Å². The second kappa shape index (κ2) is 4.70. The molecule has 0 radical (unpaired) electrons. The Balaban J connectivity index is 2.54. The third-order valence-electron chi connectivity index (χ3n) is 2.89. The van der Waals surface area contributed by atoms with Crippen LogP contribution in [-0.4, -0.2) is 38.2 Å². The summed E-state index contributed by atoms with van der Waals surface area (Å²) in [7, 11) is 4.30. The molecule has 1 unspecified atom stereocenters. The molecule has 0 spiro atoms. The van der Waals surface area contributed by atoms with Crippen LogP contribution in [0.25, 0.3) is 0 Å². The van der Waals surface area contributed by atoms with E-state index in [0.29, 0.717) is 17.1 Å². The molecule has 1 aromatic rings. The van der Waals surface area contributed by atoms with E-state index in [1.165, 1.54) is 33.1 Å². The van der Waals surface area contributed by atoms with E-state index >= 15 is 0 Å². The monoisotopic (exact) mass is 270 g/mol. The number of aliphatic hydroxyl groups is 1. The lowest BCUT2D eigenvalue weighted by atomic mass is 9.96. The number of esters is 1. The topological polar surface area (TPSA) is 65.0 Å². The van der Waals surface area contributed by atoms with Crippen LogP contribution in [0.5, 0.6) is 11.5 Å². The Kier molecular flexibility index (Phi) is 3.41. The second-order valence-electron chi connectivity index (χ2n) is 3.84. The van der Waals surface area contributed by atoms with Gasteiger partial charge in [0, 0.05) is 16.2 Å². The molecule has 0 amide bonds. The molecule has 0 bridgehead atoms. The number of carbonyl (C=O) groups excluding carboxylic acids is 1. The van der Waals surface area contributed by atoms with Gasteiger partial charge in [-0.2, -0.15) is 0 Å². The molecule has 1 atom stereocenters. The number of hydrogen-bond donors (Lipinski definition) is 1. The third kappa shape index (κ3) is 1.81. The molecular formula is C12H14O5S. The normalized spacial score (nSPS) is 21.3. The molecule has 5 nitrogen and oxygen atoms in total. The first-order valence-electron chi connectivity index (χ1n) is 5.27. The first kappa shape index (κ1) is 13.0. The predicted octanol–water partition coefficient (Wildman–Crippen LogP) is 1.17. The molecule has 18 heavy (non-hydrogen) atoms. The van der Waals surface area contributed by atoms with Crippen LogP contribution in [-0.2, 0) is 15.1 Å². The zero-order valence-corrected chi connectivity index (χ0v) is 11.2. The Bertz CT molecular complexity index is 488. The van der Waals surface area contributed by atoms with Crippen molar-refractivity contribution in [1.82, 2.24) is 0 Å². The maximum Gasteiger partial charge on any atom is 0.343 e. The summed E-state index contributed by atoms with van der Waals surface area (Å²) in [6, 6.07) is 3.37. The van der Waals surface area contributed by atoms with Gasteiger partial charge in [-0.25, -0.2) is 4.79 Å². The molecule has 1 aliphatic heterocycles. The van der Waals surface area contributed by atoms with Crippen LogP contribution in [0.2, 0.25) is 0 Å². The number of carbonyl (C=O) groups is 1. The predicted molar refractivity (Wildman–Crippen MR) is 66.2 cm³/mol. The number of hydrogen-bond acceptors (Lipinski definition) is 6. The lowest BCUT2D eigenvalue weighted by molar-refractivity contribution is -0.160. The van der Waals surface area contributed by atoms with Gasteiger partial charge in [-0.15, -0.1) is 11.8 Å². The molecule has 1 aromatic carbocycles. The van der Waals surface area contributed by atoms with Crippen LogP contribution >= 0.6 is 11.8 Å². The smallest absolute Gasteiger partial charge is 0.343 e. The summed E-state index contributed by atoms with van der Waals surface area (Å²) < 4.78 is 15.0. The van der Waals surface area contributed by atoms with Crippen LogP contribution in [0, 0.1) is 0 Å². The zero-order chi connectivity index (χ0) is 13.3. The molecule has 0 aromatic heterocycles. The highest BCUT2D eigenvalue weighted by Crippen LogP contribution is 2.47. The minimum absolute atomic E-state index is 0.228. The lowest BCUT2D eigenvalue weighted by Crippen LogP contribution is -2.36. The highest BCUT2D eigenvalue weighted by atomic mass is 32.2. The van der Waals surface area contributed by atoms with Crippen molar-refractivity contribution in [2.45, 2.75) is 10.5 Å². The average Bonchev–Trinajstić information content (AvgIpc) is 2.74. The summed E-state index contributed by atoms with van der Waals surface area (Å²) in [6.07, 6.45) is 0. The van der Waals surface area contributed by atoms with Crippen molar-refractivity contribution >= 4 is 17.7 Å². The van der Waals surface area contributed by atoms with Gasteiger partial charge in [-0.1, -0.05) is 0 Å². The van der Waals surface area contributed by atoms with Gasteiger partial charge in [0.1, 0.15) is 0 Å². The molecule has 0 saturated carbocycles. The van der Waals surface area contributed by atoms with Gasteiger partial charge >= 0.3 is 5.97 Å². The van der Waals surface area contributed by atoms with Crippen molar-refractivity contribution in [1.29, 1.82) is 0 Å². The van der Waals surface area contributed by atoms with E-state index in [-0.39, 0.29) is 5.75 Å². The van der Waals surface area contributed by atoms with Crippen LogP contribution in [0.1, 0.15) is 5.56 Å². The van der Waals surface area contributed by atoms with Gasteiger partial charge in [-0.3, -0.25) is 0 Å². The minimum atomic E-state index is -1.62. The van der Waals surface area contributed by atoms with Crippen molar-refractivity contribution in [2.24, 2.45) is 0 Å². The quantitative estimate of drug-likeness (QED) is 0.832. The van der Waals surface area contributed by atoms with Gasteiger partial charge in [0.15, 0.2) is 17.1 Å². The Hall–Kier alpha value is -1.40. The number of ether oxygens (including phenoxy) is 3. The zero-order valence-electron chi connectivity index (χ0n) is 10.4. The van der Waals surface area contributed by atoms with Crippen LogP contribution < -0.4 is 9.47 Å². The van der Waals surface area contributed by atoms with E-state index in [1.807, 2.05) is 0 Å². The van der Waals surface area contributed by atoms with Crippen LogP contribution in [0.4, 0.5) is 0 Å². The molecule has 1 N–H and O–H groups in total. The minimum Gasteiger partial charge on any atom is -0.493 e. The summed E-state index contributed by atoms with van der Waals surface area (Å²) >= 11 is 1.38. The fourth-order valence-electron chi connectivity index (χ4n) is 1.90. The van der Waals surface area contributed by atoms with Gasteiger partial charge in [0.05, 0.1) is 21.3 Å². The number of methoxy groups -OCH3 is 3. The number of thioether (sulfide) groups is 1. The molecule has 6 heteroatoms. The summed E-state index contributed by atoms with van der Waals surface area (Å²) in [5, 5.41) is 10.4. The van der Waals surface area contributed by atoms with E-state index in [0.717, 1.165) is 4.90 Å². The summed E-state index contributed by atoms with van der Waals surface area (Å²) in [4.78, 5) is 12.5. The first-order valence-corrected chi connectivity index (χ1v) is 6.25. The number of rotatable bonds is 3. The molecular weight excluding hydrogens is 256 g/mol. The fourth-order valence-corrected chi connectivity index (χ4v) is 3.11.